The molecule has 0 aromatic rings. The maximum absolute atomic E-state index is 13.2. The number of hydrogen-bond donors (Lipinski definition) is 3. The van der Waals surface area contributed by atoms with Crippen LogP contribution in [0.3, 0.4) is 0 Å². The number of rotatable bonds is 52. The van der Waals surface area contributed by atoms with E-state index in [1.54, 1.807) is 0 Å². The standard InChI is InChI=1S/C67H110O12/c1-4-7-10-13-16-19-22-25-27-29-30-32-33-36-38-41-44-47-50-53-59(68)75-56-58(77-60(69)54-51-48-45-42-40-37-34-31-28-26-23-20-17-14-11-8-5-2)57-76-67-65(63(72)62(71)64(79-67)66(73)74)78-61(70)55-52-49-46-43-39-35-24-21-18-15-12-9-6-3/h8,11,16-17,19-21,24-28,30,32,34,37,58,62-65,67,71-72H,4-7,9-10,12-15,18,22-23,29,31,33,35-36,38-57H2,1-3H3,(H,73,74)/b11-8-,19-16-,20-17-,24-21-,27-25-,28-26-,32-30-,37-34-. The molecule has 0 aromatic heterocycles. The molecule has 0 spiro atoms. The van der Waals surface area contributed by atoms with E-state index in [9.17, 15) is 34.5 Å². The minimum atomic E-state index is -1.92. The summed E-state index contributed by atoms with van der Waals surface area (Å²) < 4.78 is 28.4. The van der Waals surface area contributed by atoms with Gasteiger partial charge in [-0.1, -0.05) is 208 Å². The van der Waals surface area contributed by atoms with E-state index in [0.717, 1.165) is 141 Å². The zero-order valence-electron chi connectivity index (χ0n) is 49.6. The van der Waals surface area contributed by atoms with Crippen molar-refractivity contribution >= 4 is 23.9 Å². The van der Waals surface area contributed by atoms with E-state index in [4.69, 9.17) is 23.7 Å². The van der Waals surface area contributed by atoms with Gasteiger partial charge in [0.2, 0.25) is 0 Å². The molecule has 0 bridgehead atoms. The average molecular weight is 1110 g/mol. The third-order valence-corrected chi connectivity index (χ3v) is 13.6. The van der Waals surface area contributed by atoms with E-state index in [1.165, 1.54) is 51.4 Å². The summed E-state index contributed by atoms with van der Waals surface area (Å²) in [5, 5.41) is 31.5. The van der Waals surface area contributed by atoms with Gasteiger partial charge in [-0.25, -0.2) is 4.79 Å². The summed E-state index contributed by atoms with van der Waals surface area (Å²) in [7, 11) is 0. The number of carbonyl (C=O) groups excluding carboxylic acids is 3. The molecule has 0 amide bonds. The number of allylic oxidation sites excluding steroid dienone is 16. The molecule has 0 aromatic carbocycles. The number of carbonyl (C=O) groups is 4. The molecule has 1 aliphatic rings. The molecular formula is C67H110O12. The smallest absolute Gasteiger partial charge is 0.335 e. The molecule has 0 saturated carbocycles. The van der Waals surface area contributed by atoms with Gasteiger partial charge in [-0.15, -0.1) is 0 Å². The number of hydrogen-bond acceptors (Lipinski definition) is 11. The molecule has 6 atom stereocenters. The molecule has 12 heteroatoms. The molecule has 3 N–H and O–H groups in total. The molecule has 450 valence electrons. The van der Waals surface area contributed by atoms with Crippen LogP contribution in [0.2, 0.25) is 0 Å². The summed E-state index contributed by atoms with van der Waals surface area (Å²) in [4.78, 5) is 51.2. The van der Waals surface area contributed by atoms with E-state index in [1.807, 2.05) is 0 Å². The van der Waals surface area contributed by atoms with Crippen LogP contribution in [0, 0.1) is 0 Å². The fourth-order valence-electron chi connectivity index (χ4n) is 8.83. The van der Waals surface area contributed by atoms with Crippen LogP contribution in [0.1, 0.15) is 252 Å². The van der Waals surface area contributed by atoms with Gasteiger partial charge in [-0.2, -0.15) is 0 Å². The largest absolute Gasteiger partial charge is 0.479 e. The van der Waals surface area contributed by atoms with Crippen molar-refractivity contribution in [2.45, 2.75) is 289 Å². The number of carboxylic acids is 1. The first-order chi connectivity index (χ1) is 38.6. The third-order valence-electron chi connectivity index (χ3n) is 13.6. The first kappa shape index (κ1) is 72.7. The van der Waals surface area contributed by atoms with Gasteiger partial charge in [0.05, 0.1) is 6.61 Å². The van der Waals surface area contributed by atoms with Gasteiger partial charge in [-0.05, 0) is 122 Å². The van der Waals surface area contributed by atoms with Gasteiger partial charge < -0.3 is 39.0 Å². The number of unbranched alkanes of at least 4 members (excludes halogenated alkanes) is 22. The summed E-state index contributed by atoms with van der Waals surface area (Å²) in [5.74, 6) is -3.18. The Kier molecular flexibility index (Phi) is 49.9. The van der Waals surface area contributed by atoms with Crippen molar-refractivity contribution in [1.29, 1.82) is 0 Å². The summed E-state index contributed by atoms with van der Waals surface area (Å²) in [6, 6.07) is 0. The van der Waals surface area contributed by atoms with E-state index >= 15 is 0 Å². The van der Waals surface area contributed by atoms with Crippen LogP contribution in [-0.2, 0) is 42.9 Å². The average Bonchev–Trinajstić information content (AvgIpc) is 3.46. The van der Waals surface area contributed by atoms with E-state index in [2.05, 4.69) is 118 Å². The third kappa shape index (κ3) is 44.0. The highest BCUT2D eigenvalue weighted by Gasteiger charge is 2.50. The van der Waals surface area contributed by atoms with Crippen molar-refractivity contribution < 1.29 is 58.2 Å². The van der Waals surface area contributed by atoms with Gasteiger partial charge >= 0.3 is 23.9 Å². The lowest BCUT2D eigenvalue weighted by molar-refractivity contribution is -0.301. The van der Waals surface area contributed by atoms with Crippen LogP contribution >= 0.6 is 0 Å². The molecule has 79 heavy (non-hydrogen) atoms. The van der Waals surface area contributed by atoms with Crippen LogP contribution in [0.25, 0.3) is 0 Å². The highest BCUT2D eigenvalue weighted by Crippen LogP contribution is 2.26. The summed E-state index contributed by atoms with van der Waals surface area (Å²) in [6.45, 7) is 5.80. The molecule has 1 saturated heterocycles. The zero-order valence-corrected chi connectivity index (χ0v) is 49.6. The van der Waals surface area contributed by atoms with Gasteiger partial charge in [0.25, 0.3) is 0 Å². The molecule has 12 nitrogen and oxygen atoms in total. The number of ether oxygens (including phenoxy) is 5. The predicted octanol–water partition coefficient (Wildman–Crippen LogP) is 16.5. The Morgan fingerprint density at radius 1 is 0.430 bits per heavy atom. The van der Waals surface area contributed by atoms with Crippen molar-refractivity contribution in [3.05, 3.63) is 97.2 Å². The van der Waals surface area contributed by atoms with Crippen molar-refractivity contribution in [3.63, 3.8) is 0 Å². The normalized spacial score (nSPS) is 18.5. The molecule has 0 radical (unpaired) electrons. The van der Waals surface area contributed by atoms with E-state index in [-0.39, 0.29) is 25.9 Å². The molecule has 0 aliphatic carbocycles. The lowest BCUT2D eigenvalue weighted by Gasteiger charge is -2.40. The van der Waals surface area contributed by atoms with Crippen LogP contribution in [0.4, 0.5) is 0 Å². The number of aliphatic hydroxyl groups is 2. The zero-order chi connectivity index (χ0) is 57.5. The maximum atomic E-state index is 13.2. The van der Waals surface area contributed by atoms with E-state index in [0.29, 0.717) is 19.3 Å². The van der Waals surface area contributed by atoms with Crippen molar-refractivity contribution in [3.8, 4) is 0 Å². The Balaban J connectivity index is 2.71. The molecule has 1 fully saturated rings. The highest BCUT2D eigenvalue weighted by molar-refractivity contribution is 5.74. The summed E-state index contributed by atoms with van der Waals surface area (Å²) in [5.41, 5.74) is 0. The Morgan fingerprint density at radius 2 is 0.797 bits per heavy atom. The Labute approximate surface area is 479 Å². The van der Waals surface area contributed by atoms with Gasteiger partial charge in [0.1, 0.15) is 18.8 Å². The minimum Gasteiger partial charge on any atom is -0.479 e. The second-order valence-corrected chi connectivity index (χ2v) is 20.9. The first-order valence-corrected chi connectivity index (χ1v) is 31.2. The fourth-order valence-corrected chi connectivity index (χ4v) is 8.83. The van der Waals surface area contributed by atoms with Crippen molar-refractivity contribution in [2.24, 2.45) is 0 Å². The Hall–Kier alpha value is -4.36. The minimum absolute atomic E-state index is 0.0422. The van der Waals surface area contributed by atoms with Crippen LogP contribution in [0.5, 0.6) is 0 Å². The van der Waals surface area contributed by atoms with Crippen molar-refractivity contribution in [2.75, 3.05) is 13.2 Å². The molecule has 1 aliphatic heterocycles. The second-order valence-electron chi connectivity index (χ2n) is 20.9. The fraction of sp³-hybridized carbons (Fsp3) is 0.701. The topological polar surface area (TPSA) is 175 Å². The molecular weight excluding hydrogens is 997 g/mol. The molecule has 6 unspecified atom stereocenters. The van der Waals surface area contributed by atoms with Crippen LogP contribution in [0.15, 0.2) is 97.2 Å². The lowest BCUT2D eigenvalue weighted by atomic mass is 9.98. The first-order valence-electron chi connectivity index (χ1n) is 31.2. The number of aliphatic hydroxyl groups excluding tert-OH is 2. The number of esters is 3. The predicted molar refractivity (Wildman–Crippen MR) is 321 cm³/mol. The summed E-state index contributed by atoms with van der Waals surface area (Å²) >= 11 is 0. The Morgan fingerprint density at radius 3 is 1.25 bits per heavy atom. The van der Waals surface area contributed by atoms with Crippen LogP contribution < -0.4 is 0 Å². The Bertz CT molecular complexity index is 1740. The van der Waals surface area contributed by atoms with Crippen molar-refractivity contribution in [1.82, 2.24) is 0 Å². The quantitative estimate of drug-likeness (QED) is 0.0228. The number of carboxylic acid groups (broad SMARTS) is 1. The highest BCUT2D eigenvalue weighted by atomic mass is 16.7. The lowest BCUT2D eigenvalue weighted by Crippen LogP contribution is -2.61. The van der Waals surface area contributed by atoms with E-state index < -0.39 is 67.3 Å². The van der Waals surface area contributed by atoms with Gasteiger partial charge in [0.15, 0.2) is 24.6 Å². The van der Waals surface area contributed by atoms with Gasteiger partial charge in [-0.3, -0.25) is 14.4 Å². The monoisotopic (exact) mass is 1110 g/mol. The second kappa shape index (κ2) is 54.2. The molecule has 1 heterocycles. The van der Waals surface area contributed by atoms with Gasteiger partial charge in [0, 0.05) is 19.3 Å². The van der Waals surface area contributed by atoms with Crippen LogP contribution in [-0.4, -0.2) is 89.2 Å². The molecule has 1 rings (SSSR count). The number of aliphatic carboxylic acids is 1. The SMILES string of the molecule is CC/C=C\C/C=C\C/C=C\C/C=C\CCCCCCC(=O)OC(COC(=O)CCCCCCCC/C=C\C/C=C\C/C=C\CCCCC)COC1OC(C(=O)O)C(O)C(O)C1OC(=O)CCCCCCC/C=C\CCCCCC. The maximum Gasteiger partial charge on any atom is 0.335 e. The summed E-state index contributed by atoms with van der Waals surface area (Å²) in [6.07, 6.45) is 59.4.